The van der Waals surface area contributed by atoms with Gasteiger partial charge in [-0.05, 0) is 92.3 Å². The third-order valence-corrected chi connectivity index (χ3v) is 15.5. The molecule has 4 aliphatic heterocycles. The number of ether oxygens (including phenoxy) is 2. The number of hydrogen-bond acceptors (Lipinski definition) is 10. The minimum atomic E-state index is -1.32. The first kappa shape index (κ1) is 52.0. The fraction of sp³-hybridized carbons (Fsp3) is 0.455. The lowest BCUT2D eigenvalue weighted by molar-refractivity contribution is -0.136. The fourth-order valence-electron chi connectivity index (χ4n) is 11.8. The molecule has 4 amide bonds. The number of nitrogens with one attached hydrogen (secondary N) is 4. The highest BCUT2D eigenvalue weighted by Crippen LogP contribution is 2.50. The van der Waals surface area contributed by atoms with Crippen LogP contribution in [0.1, 0.15) is 125 Å². The molecule has 6 aromatic rings. The largest absolute Gasteiger partial charge is 0.465 e. The van der Waals surface area contributed by atoms with Crippen LogP contribution >= 0.6 is 0 Å². The number of methoxy groups -OCH3 is 1. The van der Waals surface area contributed by atoms with Crippen LogP contribution in [0.25, 0.3) is 22.1 Å². The zero-order valence-electron chi connectivity index (χ0n) is 42.9. The number of alkyl carbamates (subject to hydrolysis) is 1. The van der Waals surface area contributed by atoms with Gasteiger partial charge in [-0.2, -0.15) is 0 Å². The molecule has 0 saturated carbocycles. The first-order valence-corrected chi connectivity index (χ1v) is 26.0. The van der Waals surface area contributed by atoms with E-state index in [0.717, 1.165) is 5.56 Å². The number of likely N-dealkylation sites (tertiary alicyclic amines) is 2. The van der Waals surface area contributed by atoms with Crippen molar-refractivity contribution < 1.29 is 51.3 Å². The van der Waals surface area contributed by atoms with Crippen LogP contribution in [-0.2, 0) is 19.1 Å². The van der Waals surface area contributed by atoms with E-state index >= 15 is 17.6 Å². The summed E-state index contributed by atoms with van der Waals surface area (Å²) in [6.07, 6.45) is 0.337. The van der Waals surface area contributed by atoms with E-state index in [1.807, 2.05) is 44.2 Å². The van der Waals surface area contributed by atoms with Gasteiger partial charge in [-0.25, -0.2) is 37.1 Å². The Morgan fingerprint density at radius 2 is 1.20 bits per heavy atom. The van der Waals surface area contributed by atoms with Gasteiger partial charge in [-0.1, -0.05) is 58.0 Å². The van der Waals surface area contributed by atoms with Gasteiger partial charge in [0.1, 0.15) is 47.2 Å². The highest BCUT2D eigenvalue weighted by molar-refractivity contribution is 5.87. The molecule has 6 heterocycles. The van der Waals surface area contributed by atoms with Crippen molar-refractivity contribution in [1.82, 2.24) is 40.4 Å². The normalized spacial score (nSPS) is 21.8. The van der Waals surface area contributed by atoms with Crippen molar-refractivity contribution in [3.05, 3.63) is 118 Å². The van der Waals surface area contributed by atoms with Gasteiger partial charge in [-0.3, -0.25) is 9.59 Å². The molecule has 0 aliphatic carbocycles. The molecule has 4 aromatic carbocycles. The van der Waals surface area contributed by atoms with E-state index < -0.39 is 83.7 Å². The number of anilines is 2. The number of morpholine rings is 1. The van der Waals surface area contributed by atoms with Crippen LogP contribution in [0, 0.1) is 35.1 Å². The molecule has 7 atom stereocenters. The summed E-state index contributed by atoms with van der Waals surface area (Å²) in [7, 11) is 1.22. The SMILES string of the molecule is COC(=O)N[C@H](C(=O)N1CCC[C@H]1c1nc2cc([C@H]3CC[C@H](c4cc5nc([C@@H]6CCCN6C(=O)[C@@H](NC(=O)O)C(C)C)[nH]c5cc4F)N3c3cc(F)c(N4CCO[C@@H](c5ccccc5)C4)c(F)c3)c(F)cc2[nH]1)C(C)C. The molecule has 17 nitrogen and oxygen atoms in total. The molecule has 0 radical (unpaired) electrons. The van der Waals surface area contributed by atoms with Crippen molar-refractivity contribution in [3.8, 4) is 0 Å². The van der Waals surface area contributed by atoms with Gasteiger partial charge in [0, 0.05) is 43.0 Å². The van der Waals surface area contributed by atoms with E-state index in [2.05, 4.69) is 20.6 Å². The summed E-state index contributed by atoms with van der Waals surface area (Å²) < 4.78 is 78.4. The summed E-state index contributed by atoms with van der Waals surface area (Å²) in [5.74, 6) is -3.50. The molecular weight excluding hydrogens is 989 g/mol. The number of imidazole rings is 2. The van der Waals surface area contributed by atoms with Crippen LogP contribution in [0.2, 0.25) is 0 Å². The number of nitrogens with zero attached hydrogens (tertiary/aromatic N) is 6. The maximum Gasteiger partial charge on any atom is 0.407 e. The first-order valence-electron chi connectivity index (χ1n) is 26.0. The summed E-state index contributed by atoms with van der Waals surface area (Å²) in [5, 5.41) is 14.5. The quantitative estimate of drug-likeness (QED) is 0.0690. The van der Waals surface area contributed by atoms with Crippen LogP contribution in [0.5, 0.6) is 0 Å². The van der Waals surface area contributed by atoms with Crippen LogP contribution in [0.15, 0.2) is 66.7 Å². The van der Waals surface area contributed by atoms with Gasteiger partial charge in [0.05, 0.1) is 60.0 Å². The monoisotopic (exact) mass is 1050 g/mol. The molecule has 10 rings (SSSR count). The first-order chi connectivity index (χ1) is 36.5. The molecule has 4 fully saturated rings. The number of hydrogen-bond donors (Lipinski definition) is 5. The zero-order chi connectivity index (χ0) is 53.7. The summed E-state index contributed by atoms with van der Waals surface area (Å²) in [6, 6.07) is 12.9. The van der Waals surface area contributed by atoms with E-state index in [9.17, 15) is 24.3 Å². The van der Waals surface area contributed by atoms with Crippen LogP contribution in [-0.4, -0.2) is 111 Å². The molecule has 402 valence electrons. The Kier molecular flexibility index (Phi) is 14.6. The molecule has 0 spiro atoms. The standard InChI is InChI=1S/C55H62F4N10O7/c1-28(2)47(64-54(72)73)52(70)67-17-9-13-44(67)50-60-38-23-32(34(56)25-40(38)62-50)42-15-16-43(69(42)31-21-36(58)49(37(59)22-31)66-19-20-76-46(27-66)30-11-7-6-8-12-30)33-24-39-41(26-35(33)57)63-51(61-39)45-14-10-18-68(45)53(71)48(29(3)4)65-55(74)75-5/h6-8,11-12,21-26,28-29,42-48,64H,9-10,13-20,27H2,1-5H3,(H,60,62)(H,61,63)(H,65,74)(H,72,73)/t42-,43-,44+,45+,46-,47+,48+/m1/s1. The Morgan fingerprint density at radius 1 is 0.684 bits per heavy atom. The maximum atomic E-state index is 16.9. The minimum Gasteiger partial charge on any atom is -0.465 e. The van der Waals surface area contributed by atoms with Crippen LogP contribution in [0.3, 0.4) is 0 Å². The fourth-order valence-corrected chi connectivity index (χ4v) is 11.8. The van der Waals surface area contributed by atoms with Gasteiger partial charge < -0.3 is 54.8 Å². The number of H-pyrrole nitrogens is 2. The van der Waals surface area contributed by atoms with Gasteiger partial charge in [0.2, 0.25) is 11.8 Å². The maximum absolute atomic E-state index is 16.9. The van der Waals surface area contributed by atoms with E-state index in [-0.39, 0.29) is 72.8 Å². The summed E-state index contributed by atoms with van der Waals surface area (Å²) in [5.41, 5.74) is 2.42. The Balaban J connectivity index is 1.01. The van der Waals surface area contributed by atoms with Crippen molar-refractivity contribution in [2.75, 3.05) is 49.7 Å². The number of carbonyl (C=O) groups excluding carboxylic acids is 3. The molecular formula is C55H62F4N10O7. The number of aromatic amines is 2. The lowest BCUT2D eigenvalue weighted by Crippen LogP contribution is -2.51. The molecule has 21 heteroatoms. The number of aromatic nitrogens is 4. The molecule has 0 unspecified atom stereocenters. The van der Waals surface area contributed by atoms with E-state index in [1.165, 1.54) is 31.4 Å². The zero-order valence-corrected chi connectivity index (χ0v) is 42.9. The number of carbonyl (C=O) groups is 4. The van der Waals surface area contributed by atoms with Crippen molar-refractivity contribution in [3.63, 3.8) is 0 Å². The summed E-state index contributed by atoms with van der Waals surface area (Å²) in [6.45, 7) is 8.53. The minimum absolute atomic E-state index is 0.0544. The van der Waals surface area contributed by atoms with Gasteiger partial charge >= 0.3 is 12.2 Å². The number of rotatable bonds is 13. The van der Waals surface area contributed by atoms with E-state index in [4.69, 9.17) is 19.4 Å². The number of fused-ring (bicyclic) bond motifs is 2. The van der Waals surface area contributed by atoms with Crippen LogP contribution < -0.4 is 20.4 Å². The molecule has 76 heavy (non-hydrogen) atoms. The van der Waals surface area contributed by atoms with E-state index in [1.54, 1.807) is 45.6 Å². The lowest BCUT2D eigenvalue weighted by atomic mass is 10.0. The van der Waals surface area contributed by atoms with Gasteiger partial charge in [0.15, 0.2) is 11.6 Å². The van der Waals surface area contributed by atoms with E-state index in [0.29, 0.717) is 72.5 Å². The Bertz CT molecular complexity index is 3150. The van der Waals surface area contributed by atoms with Gasteiger partial charge in [-0.15, -0.1) is 0 Å². The van der Waals surface area contributed by atoms with Crippen molar-refractivity contribution in [1.29, 1.82) is 0 Å². The van der Waals surface area contributed by atoms with Crippen molar-refractivity contribution in [2.24, 2.45) is 11.8 Å². The van der Waals surface area contributed by atoms with Crippen LogP contribution in [0.4, 0.5) is 38.5 Å². The summed E-state index contributed by atoms with van der Waals surface area (Å²) in [4.78, 5) is 74.3. The predicted molar refractivity (Wildman–Crippen MR) is 274 cm³/mol. The third-order valence-electron chi connectivity index (χ3n) is 15.5. The second-order valence-electron chi connectivity index (χ2n) is 20.9. The Hall–Kier alpha value is -7.42. The number of amides is 4. The molecule has 4 aliphatic rings. The highest BCUT2D eigenvalue weighted by Gasteiger charge is 2.42. The average Bonchev–Trinajstić information content (AvgIpc) is 4.26. The number of halogens is 4. The second-order valence-corrected chi connectivity index (χ2v) is 20.9. The number of benzene rings is 4. The van der Waals surface area contributed by atoms with Gasteiger partial charge in [0.25, 0.3) is 0 Å². The molecule has 5 N–H and O–H groups in total. The predicted octanol–water partition coefficient (Wildman–Crippen LogP) is 9.66. The third kappa shape index (κ3) is 9.96. The van der Waals surface area contributed by atoms with Crippen molar-refractivity contribution >= 4 is 57.4 Å². The average molecular weight is 1050 g/mol. The molecule has 2 aromatic heterocycles. The highest BCUT2D eigenvalue weighted by atomic mass is 19.1. The molecule has 0 bridgehead atoms. The smallest absolute Gasteiger partial charge is 0.407 e. The Morgan fingerprint density at radius 3 is 1.68 bits per heavy atom. The molecule has 4 saturated heterocycles. The van der Waals surface area contributed by atoms with Crippen molar-refractivity contribution in [2.45, 2.75) is 109 Å². The topological polar surface area (TPSA) is 201 Å². The lowest BCUT2D eigenvalue weighted by Gasteiger charge is -2.36. The second kappa shape index (κ2) is 21.3. The Labute approximate surface area is 436 Å². The number of carboxylic acid groups (broad SMARTS) is 1. The summed E-state index contributed by atoms with van der Waals surface area (Å²) >= 11 is 0.